The molecular formula is C11H18N2O2Rb2. The van der Waals surface area contributed by atoms with E-state index in [-0.39, 0.29) is 129 Å². The van der Waals surface area contributed by atoms with E-state index in [0.29, 0.717) is 0 Å². The molecule has 0 aliphatic carbocycles. The third kappa shape index (κ3) is 11.8. The molecule has 0 aromatic rings. The van der Waals surface area contributed by atoms with Gasteiger partial charge >= 0.3 is 116 Å². The van der Waals surface area contributed by atoms with Crippen molar-refractivity contribution in [2.45, 2.75) is 40.2 Å². The number of rotatable bonds is 4. The second-order valence-electron chi connectivity index (χ2n) is 3.68. The van der Waals surface area contributed by atoms with Gasteiger partial charge in [-0.2, -0.15) is 0 Å². The van der Waals surface area contributed by atoms with E-state index in [9.17, 15) is 9.59 Å². The van der Waals surface area contributed by atoms with Crippen molar-refractivity contribution >= 4 is 11.8 Å². The Labute approximate surface area is 202 Å². The average molecular weight is 381 g/mol. The summed E-state index contributed by atoms with van der Waals surface area (Å²) in [6.07, 6.45) is -0.225. The zero-order valence-corrected chi connectivity index (χ0v) is 21.8. The predicted octanol–water partition coefficient (Wildman–Crippen LogP) is -3.44. The van der Waals surface area contributed by atoms with Crippen molar-refractivity contribution in [2.24, 2.45) is 0 Å². The van der Waals surface area contributed by atoms with Crippen LogP contribution in [0.1, 0.15) is 34.1 Å². The van der Waals surface area contributed by atoms with Gasteiger partial charge in [-0.15, -0.1) is 7.05 Å². The summed E-state index contributed by atoms with van der Waals surface area (Å²) in [5.74, 6) is -0.829. The van der Waals surface area contributed by atoms with Crippen LogP contribution in [0.2, 0.25) is 0 Å². The molecule has 0 rings (SSSR count). The summed E-state index contributed by atoms with van der Waals surface area (Å²) in [4.78, 5) is 22.1. The van der Waals surface area contributed by atoms with Gasteiger partial charge in [-0.1, -0.05) is 24.1 Å². The molecule has 0 aliphatic heterocycles. The molecule has 0 saturated carbocycles. The van der Waals surface area contributed by atoms with Gasteiger partial charge in [0.05, 0.1) is 11.8 Å². The molecule has 1 unspecified atom stereocenters. The third-order valence-corrected chi connectivity index (χ3v) is 2.30. The van der Waals surface area contributed by atoms with Crippen molar-refractivity contribution in [1.82, 2.24) is 0 Å². The number of amides is 2. The smallest absolute Gasteiger partial charge is 0.656 e. The Morgan fingerprint density at radius 2 is 1.53 bits per heavy atom. The molecule has 17 heavy (non-hydrogen) atoms. The zero-order chi connectivity index (χ0) is 12.0. The topological polar surface area (TPSA) is 62.3 Å². The Kier molecular flexibility index (Phi) is 19.0. The minimum atomic E-state index is -0.425. The van der Waals surface area contributed by atoms with E-state index in [4.69, 9.17) is 0 Å². The minimum absolute atomic E-state index is 0. The van der Waals surface area contributed by atoms with E-state index >= 15 is 0 Å². The summed E-state index contributed by atoms with van der Waals surface area (Å²) in [5.41, 5.74) is 2.20. The molecule has 4 nitrogen and oxygen atoms in total. The van der Waals surface area contributed by atoms with Crippen molar-refractivity contribution in [1.29, 1.82) is 0 Å². The van der Waals surface area contributed by atoms with Crippen LogP contribution in [0.25, 0.3) is 10.6 Å². The maximum Gasteiger partial charge on any atom is 1.00 e. The van der Waals surface area contributed by atoms with E-state index in [1.807, 2.05) is 27.7 Å². The fourth-order valence-corrected chi connectivity index (χ4v) is 0.985. The number of hydrogen-bond acceptors (Lipinski definition) is 2. The van der Waals surface area contributed by atoms with Gasteiger partial charge in [0, 0.05) is 6.42 Å². The van der Waals surface area contributed by atoms with Crippen LogP contribution in [-0.4, -0.2) is 24.9 Å². The average Bonchev–Trinajstić information content (AvgIpc) is 2.15. The molecule has 0 heterocycles. The first-order valence-corrected chi connectivity index (χ1v) is 4.88. The number of carbonyl (C=O) groups excluding carboxylic acids is 2. The van der Waals surface area contributed by atoms with Gasteiger partial charge in [0.1, 0.15) is 0 Å². The summed E-state index contributed by atoms with van der Waals surface area (Å²) in [7, 11) is 1.38. The monoisotopic (exact) mass is 380 g/mol. The summed E-state index contributed by atoms with van der Waals surface area (Å²) >= 11 is 0. The molecule has 0 aromatic heterocycles. The fraction of sp³-hybridized carbons (Fsp3) is 0.636. The summed E-state index contributed by atoms with van der Waals surface area (Å²) in [6.45, 7) is 7.72. The van der Waals surface area contributed by atoms with Crippen LogP contribution in [-0.2, 0) is 9.59 Å². The summed E-state index contributed by atoms with van der Waals surface area (Å²) in [5, 5.41) is 7.29. The van der Waals surface area contributed by atoms with Gasteiger partial charge in [0.2, 0.25) is 0 Å². The zero-order valence-electron chi connectivity index (χ0n) is 12.0. The maximum absolute atomic E-state index is 11.3. The molecule has 0 aliphatic rings. The molecule has 0 bridgehead atoms. The Hall–Kier alpha value is 2.29. The molecule has 1 atom stereocenters. The Morgan fingerprint density at radius 3 is 1.88 bits per heavy atom. The fourth-order valence-electron chi connectivity index (χ4n) is 0.985. The second kappa shape index (κ2) is 13.3. The Bertz CT molecular complexity index is 287. The third-order valence-electron chi connectivity index (χ3n) is 2.30. The molecule has 0 saturated heterocycles. The largest absolute Gasteiger partial charge is 1.00 e. The summed E-state index contributed by atoms with van der Waals surface area (Å²) < 4.78 is 0. The van der Waals surface area contributed by atoms with Crippen LogP contribution in [0, 0.1) is 0 Å². The SMILES string of the molecule is C[N-]C(=O)CC(=O)[N-]C(C)C(C)=C(C)C.[Rb+].[Rb+]. The first-order valence-electron chi connectivity index (χ1n) is 4.88. The maximum atomic E-state index is 11.3. The van der Waals surface area contributed by atoms with Crippen LogP contribution in [0.4, 0.5) is 0 Å². The minimum Gasteiger partial charge on any atom is -0.656 e. The molecule has 0 N–H and O–H groups in total. The quantitative estimate of drug-likeness (QED) is 0.376. The van der Waals surface area contributed by atoms with Crippen molar-refractivity contribution in [3.63, 3.8) is 0 Å². The van der Waals surface area contributed by atoms with Crippen LogP contribution in [0.15, 0.2) is 11.1 Å². The number of nitrogens with zero attached hydrogens (tertiary/aromatic N) is 2. The number of carbonyl (C=O) groups is 2. The molecule has 86 valence electrons. The molecule has 0 spiro atoms. The van der Waals surface area contributed by atoms with Gasteiger partial charge in [-0.25, -0.2) is 0 Å². The molecule has 6 heteroatoms. The number of hydrogen-bond donors (Lipinski definition) is 0. The van der Waals surface area contributed by atoms with E-state index in [0.717, 1.165) is 11.1 Å². The van der Waals surface area contributed by atoms with E-state index < -0.39 is 11.8 Å². The molecule has 2 amide bonds. The normalized spacial score (nSPS) is 10.2. The first-order chi connectivity index (χ1) is 6.88. The Balaban J connectivity index is -0.000000980. The van der Waals surface area contributed by atoms with Crippen molar-refractivity contribution in [2.75, 3.05) is 7.05 Å². The Morgan fingerprint density at radius 1 is 1.06 bits per heavy atom. The van der Waals surface area contributed by atoms with Gasteiger partial charge in [0.25, 0.3) is 0 Å². The van der Waals surface area contributed by atoms with Crippen molar-refractivity contribution < 1.29 is 126 Å². The summed E-state index contributed by atoms with van der Waals surface area (Å²) in [6, 6.07) is -0.160. The molecule has 0 aromatic carbocycles. The molecule has 0 radical (unpaired) electrons. The molecular weight excluding hydrogens is 363 g/mol. The van der Waals surface area contributed by atoms with Gasteiger partial charge in [-0.3, -0.25) is 0 Å². The van der Waals surface area contributed by atoms with E-state index in [1.165, 1.54) is 7.05 Å². The van der Waals surface area contributed by atoms with Crippen molar-refractivity contribution in [3.05, 3.63) is 21.8 Å². The molecule has 0 fully saturated rings. The predicted molar refractivity (Wildman–Crippen MR) is 60.8 cm³/mol. The van der Waals surface area contributed by atoms with Crippen LogP contribution >= 0.6 is 0 Å². The standard InChI is InChI=1S/C11H20N2O2.2Rb/c1-7(2)8(3)9(4)13-11(15)6-10(14)12-5;;/h9H,6H2,1-5H3,(H2,12,13,14,15);;/q;2*+1/p-2. The van der Waals surface area contributed by atoms with E-state index in [2.05, 4.69) is 10.6 Å². The van der Waals surface area contributed by atoms with Crippen LogP contribution in [0.5, 0.6) is 0 Å². The second-order valence-corrected chi connectivity index (χ2v) is 3.68. The van der Waals surface area contributed by atoms with Crippen molar-refractivity contribution in [3.8, 4) is 0 Å². The van der Waals surface area contributed by atoms with Gasteiger partial charge in [0.15, 0.2) is 0 Å². The van der Waals surface area contributed by atoms with Crippen LogP contribution < -0.4 is 116 Å². The number of allylic oxidation sites excluding steroid dienone is 1. The van der Waals surface area contributed by atoms with E-state index in [1.54, 1.807) is 0 Å². The van der Waals surface area contributed by atoms with Crippen LogP contribution in [0.3, 0.4) is 0 Å². The first kappa shape index (κ1) is 24.3. The van der Waals surface area contributed by atoms with Gasteiger partial charge < -0.3 is 20.2 Å². The van der Waals surface area contributed by atoms with Gasteiger partial charge in [-0.05, 0) is 20.8 Å².